The van der Waals surface area contributed by atoms with Crippen molar-refractivity contribution < 1.29 is 13.9 Å². The van der Waals surface area contributed by atoms with E-state index < -0.39 is 5.82 Å². The van der Waals surface area contributed by atoms with Gasteiger partial charge in [-0.15, -0.1) is 0 Å². The summed E-state index contributed by atoms with van der Waals surface area (Å²) < 4.78 is 24.1. The van der Waals surface area contributed by atoms with Crippen LogP contribution in [0.4, 0.5) is 4.39 Å². The summed E-state index contributed by atoms with van der Waals surface area (Å²) in [5, 5.41) is 7.23. The second kappa shape index (κ2) is 6.01. The van der Waals surface area contributed by atoms with Crippen LogP contribution in [0.1, 0.15) is 11.3 Å². The number of nitrogens with two attached hydrogens (primary N) is 1. The first-order chi connectivity index (χ1) is 9.60. The molecule has 0 atom stereocenters. The van der Waals surface area contributed by atoms with E-state index in [1.165, 1.54) is 19.2 Å². The molecule has 0 amide bonds. The Balaban J connectivity index is 2.08. The van der Waals surface area contributed by atoms with Crippen LogP contribution in [-0.4, -0.2) is 17.9 Å². The molecule has 2 rings (SSSR count). The van der Waals surface area contributed by atoms with Crippen LogP contribution in [0.25, 0.3) is 0 Å². The Kier molecular flexibility index (Phi) is 4.14. The third-order valence-electron chi connectivity index (χ3n) is 2.61. The van der Waals surface area contributed by atoms with Gasteiger partial charge in [0.05, 0.1) is 12.8 Å². The molecule has 0 unspecified atom stereocenters. The minimum absolute atomic E-state index is 0.0830. The molecule has 0 bridgehead atoms. The molecule has 6 heteroatoms. The van der Waals surface area contributed by atoms with E-state index in [1.54, 1.807) is 18.2 Å². The van der Waals surface area contributed by atoms with Crippen molar-refractivity contribution in [3.8, 4) is 11.6 Å². The summed E-state index contributed by atoms with van der Waals surface area (Å²) in [6, 6.07) is 9.37. The van der Waals surface area contributed by atoms with Crippen LogP contribution < -0.4 is 15.2 Å². The fraction of sp³-hybridized carbons (Fsp3) is 0.143. The summed E-state index contributed by atoms with van der Waals surface area (Å²) in [5.74, 6) is -0.205. The quantitative estimate of drug-likeness (QED) is 0.646. The van der Waals surface area contributed by atoms with Crippen LogP contribution in [-0.2, 0) is 6.61 Å². The van der Waals surface area contributed by atoms with Gasteiger partial charge in [-0.05, 0) is 24.3 Å². The van der Waals surface area contributed by atoms with Gasteiger partial charge in [0.1, 0.15) is 12.4 Å². The minimum atomic E-state index is -0.569. The van der Waals surface area contributed by atoms with Crippen molar-refractivity contribution in [2.24, 2.45) is 5.73 Å². The maximum Gasteiger partial charge on any atom is 0.213 e. The van der Waals surface area contributed by atoms with Crippen molar-refractivity contribution in [2.45, 2.75) is 6.61 Å². The monoisotopic (exact) mass is 275 g/mol. The lowest BCUT2D eigenvalue weighted by atomic mass is 10.2. The Morgan fingerprint density at radius 2 is 2.15 bits per heavy atom. The second-order valence-electron chi connectivity index (χ2n) is 4.02. The zero-order valence-electron chi connectivity index (χ0n) is 10.9. The molecule has 1 aromatic carbocycles. The molecule has 0 fully saturated rings. The maximum absolute atomic E-state index is 13.7. The predicted octanol–water partition coefficient (Wildman–Crippen LogP) is 2.09. The summed E-state index contributed by atoms with van der Waals surface area (Å²) >= 11 is 0. The number of nitrogens with one attached hydrogen (secondary N) is 1. The lowest BCUT2D eigenvalue weighted by Crippen LogP contribution is -2.11. The predicted molar refractivity (Wildman–Crippen MR) is 72.5 cm³/mol. The summed E-state index contributed by atoms with van der Waals surface area (Å²) in [6.07, 6.45) is 0. The van der Waals surface area contributed by atoms with Crippen LogP contribution >= 0.6 is 0 Å². The highest BCUT2D eigenvalue weighted by Gasteiger charge is 2.07. The Hall–Kier alpha value is -2.63. The molecule has 0 aliphatic carbocycles. The largest absolute Gasteiger partial charge is 0.484 e. The topological polar surface area (TPSA) is 81.2 Å². The van der Waals surface area contributed by atoms with Crippen molar-refractivity contribution >= 4 is 5.84 Å². The van der Waals surface area contributed by atoms with Crippen LogP contribution in [0.5, 0.6) is 11.6 Å². The first-order valence-corrected chi connectivity index (χ1v) is 5.87. The summed E-state index contributed by atoms with van der Waals surface area (Å²) in [6.45, 7) is 0.119. The second-order valence-corrected chi connectivity index (χ2v) is 4.02. The number of amidine groups is 1. The molecule has 5 nitrogen and oxygen atoms in total. The van der Waals surface area contributed by atoms with Gasteiger partial charge in [0.15, 0.2) is 11.6 Å². The molecule has 0 saturated heterocycles. The molecular weight excluding hydrogens is 261 g/mol. The van der Waals surface area contributed by atoms with Crippen molar-refractivity contribution in [1.29, 1.82) is 5.41 Å². The number of methoxy groups -OCH3 is 1. The van der Waals surface area contributed by atoms with Crippen LogP contribution in [0.2, 0.25) is 0 Å². The van der Waals surface area contributed by atoms with Crippen LogP contribution in [0, 0.1) is 11.2 Å². The SMILES string of the molecule is COc1cccc(COc2ccc(C(=N)N)cc2F)n1. The van der Waals surface area contributed by atoms with Gasteiger partial charge in [0, 0.05) is 11.6 Å². The van der Waals surface area contributed by atoms with E-state index in [4.69, 9.17) is 20.6 Å². The number of aromatic nitrogens is 1. The van der Waals surface area contributed by atoms with Gasteiger partial charge in [-0.1, -0.05) is 6.07 Å². The fourth-order valence-corrected chi connectivity index (χ4v) is 1.59. The highest BCUT2D eigenvalue weighted by molar-refractivity contribution is 5.95. The van der Waals surface area contributed by atoms with E-state index in [2.05, 4.69) is 4.98 Å². The molecule has 0 radical (unpaired) electrons. The van der Waals surface area contributed by atoms with E-state index in [-0.39, 0.29) is 18.2 Å². The number of pyridine rings is 1. The molecule has 0 aliphatic rings. The molecular formula is C14H14FN3O2. The van der Waals surface area contributed by atoms with E-state index in [1.807, 2.05) is 0 Å². The summed E-state index contributed by atoms with van der Waals surface area (Å²) in [7, 11) is 1.52. The van der Waals surface area contributed by atoms with E-state index in [9.17, 15) is 4.39 Å². The van der Waals surface area contributed by atoms with Crippen molar-refractivity contribution in [3.63, 3.8) is 0 Å². The van der Waals surface area contributed by atoms with Gasteiger partial charge in [0.2, 0.25) is 5.88 Å². The molecule has 0 aliphatic heterocycles. The van der Waals surface area contributed by atoms with E-state index in [0.29, 0.717) is 17.1 Å². The van der Waals surface area contributed by atoms with E-state index >= 15 is 0 Å². The third-order valence-corrected chi connectivity index (χ3v) is 2.61. The zero-order valence-corrected chi connectivity index (χ0v) is 10.9. The molecule has 2 aromatic rings. The molecule has 104 valence electrons. The summed E-state index contributed by atoms with van der Waals surface area (Å²) in [5.41, 5.74) is 6.22. The smallest absolute Gasteiger partial charge is 0.213 e. The number of hydrogen-bond acceptors (Lipinski definition) is 4. The number of ether oxygens (including phenoxy) is 2. The average Bonchev–Trinajstić information content (AvgIpc) is 2.46. The van der Waals surface area contributed by atoms with Gasteiger partial charge in [-0.2, -0.15) is 0 Å². The first kappa shape index (κ1) is 13.8. The molecule has 1 aromatic heterocycles. The molecule has 20 heavy (non-hydrogen) atoms. The number of nitrogens with zero attached hydrogens (tertiary/aromatic N) is 1. The normalized spacial score (nSPS) is 10.1. The van der Waals surface area contributed by atoms with Gasteiger partial charge in [-0.3, -0.25) is 5.41 Å². The maximum atomic E-state index is 13.7. The van der Waals surface area contributed by atoms with Gasteiger partial charge < -0.3 is 15.2 Å². The standard InChI is InChI=1S/C14H14FN3O2/c1-19-13-4-2-3-10(18-13)8-20-12-6-5-9(14(16)17)7-11(12)15/h2-7H,8H2,1H3,(H3,16,17). The fourth-order valence-electron chi connectivity index (χ4n) is 1.59. The zero-order chi connectivity index (χ0) is 14.5. The average molecular weight is 275 g/mol. The van der Waals surface area contributed by atoms with Crippen molar-refractivity contribution in [3.05, 3.63) is 53.5 Å². The van der Waals surface area contributed by atoms with Gasteiger partial charge in [-0.25, -0.2) is 9.37 Å². The molecule has 1 heterocycles. The van der Waals surface area contributed by atoms with Crippen molar-refractivity contribution in [1.82, 2.24) is 4.98 Å². The number of hydrogen-bond donors (Lipinski definition) is 2. The van der Waals surface area contributed by atoms with Gasteiger partial charge >= 0.3 is 0 Å². The van der Waals surface area contributed by atoms with Gasteiger partial charge in [0.25, 0.3) is 0 Å². The molecule has 3 N–H and O–H groups in total. The number of rotatable bonds is 5. The Labute approximate surface area is 115 Å². The minimum Gasteiger partial charge on any atom is -0.484 e. The number of halogens is 1. The van der Waals surface area contributed by atoms with Crippen molar-refractivity contribution in [2.75, 3.05) is 7.11 Å². The van der Waals surface area contributed by atoms with Crippen LogP contribution in [0.15, 0.2) is 36.4 Å². The third kappa shape index (κ3) is 3.23. The Morgan fingerprint density at radius 3 is 2.80 bits per heavy atom. The lowest BCUT2D eigenvalue weighted by Gasteiger charge is -2.08. The molecule has 0 saturated carbocycles. The highest BCUT2D eigenvalue weighted by atomic mass is 19.1. The first-order valence-electron chi connectivity index (χ1n) is 5.87. The number of benzene rings is 1. The Bertz CT molecular complexity index is 632. The Morgan fingerprint density at radius 1 is 1.35 bits per heavy atom. The number of nitrogen functional groups attached to an aromatic ring is 1. The van der Waals surface area contributed by atoms with E-state index in [0.717, 1.165) is 6.07 Å². The lowest BCUT2D eigenvalue weighted by molar-refractivity contribution is 0.283. The van der Waals surface area contributed by atoms with Crippen LogP contribution in [0.3, 0.4) is 0 Å². The highest BCUT2D eigenvalue weighted by Crippen LogP contribution is 2.19. The summed E-state index contributed by atoms with van der Waals surface area (Å²) in [4.78, 5) is 4.16. The molecule has 0 spiro atoms.